The molecule has 0 aliphatic rings. The molecular formula is C12H22O4. The third kappa shape index (κ3) is 5.85. The number of ether oxygens (including phenoxy) is 1. The third-order valence-corrected chi connectivity index (χ3v) is 2.28. The summed E-state index contributed by atoms with van der Waals surface area (Å²) in [5.74, 6) is -0.464. The maximum Gasteiger partial charge on any atom is 0.334 e. The molecule has 0 aromatic carbocycles. The van der Waals surface area contributed by atoms with E-state index < -0.39 is 12.1 Å². The van der Waals surface area contributed by atoms with E-state index in [-0.39, 0.29) is 24.2 Å². The molecule has 0 rings (SSSR count). The molecule has 4 nitrogen and oxygen atoms in total. The molecule has 0 spiro atoms. The summed E-state index contributed by atoms with van der Waals surface area (Å²) in [7, 11) is 0. The first-order valence-electron chi connectivity index (χ1n) is 5.67. The maximum atomic E-state index is 11.5. The van der Waals surface area contributed by atoms with Crippen LogP contribution in [0.3, 0.4) is 0 Å². The van der Waals surface area contributed by atoms with Gasteiger partial charge in [0.1, 0.15) is 5.78 Å². The zero-order valence-electron chi connectivity index (χ0n) is 10.6. The van der Waals surface area contributed by atoms with Gasteiger partial charge < -0.3 is 9.84 Å². The van der Waals surface area contributed by atoms with E-state index >= 15 is 0 Å². The van der Waals surface area contributed by atoms with E-state index in [1.54, 1.807) is 6.92 Å². The van der Waals surface area contributed by atoms with Crippen LogP contribution in [0.5, 0.6) is 0 Å². The van der Waals surface area contributed by atoms with E-state index in [1.165, 1.54) is 0 Å². The fourth-order valence-electron chi connectivity index (χ4n) is 1.19. The van der Waals surface area contributed by atoms with Crippen LogP contribution in [0, 0.1) is 5.41 Å². The Kier molecular flexibility index (Phi) is 6.26. The van der Waals surface area contributed by atoms with Crippen LogP contribution in [-0.2, 0) is 14.3 Å². The Bertz CT molecular complexity index is 240. The van der Waals surface area contributed by atoms with E-state index in [1.807, 2.05) is 20.8 Å². The third-order valence-electron chi connectivity index (χ3n) is 2.28. The van der Waals surface area contributed by atoms with Gasteiger partial charge in [0.05, 0.1) is 6.61 Å². The van der Waals surface area contributed by atoms with Crippen LogP contribution in [0.25, 0.3) is 0 Å². The SMILES string of the molecule is CCOC(=O)C(O)CCCC(=O)C(C)(C)C. The molecule has 16 heavy (non-hydrogen) atoms. The van der Waals surface area contributed by atoms with Crippen LogP contribution >= 0.6 is 0 Å². The Morgan fingerprint density at radius 1 is 1.31 bits per heavy atom. The quantitative estimate of drug-likeness (QED) is 0.705. The molecule has 0 radical (unpaired) electrons. The molecule has 0 heterocycles. The van der Waals surface area contributed by atoms with E-state index in [0.717, 1.165) is 0 Å². The predicted octanol–water partition coefficient (Wildman–Crippen LogP) is 1.70. The van der Waals surface area contributed by atoms with Crippen molar-refractivity contribution < 1.29 is 19.4 Å². The number of rotatable bonds is 6. The fraction of sp³-hybridized carbons (Fsp3) is 0.833. The summed E-state index contributed by atoms with van der Waals surface area (Å²) >= 11 is 0. The highest BCUT2D eigenvalue weighted by atomic mass is 16.5. The van der Waals surface area contributed by atoms with Crippen LogP contribution in [0.15, 0.2) is 0 Å². The van der Waals surface area contributed by atoms with Crippen molar-refractivity contribution >= 4 is 11.8 Å². The van der Waals surface area contributed by atoms with Crippen molar-refractivity contribution in [1.29, 1.82) is 0 Å². The molecule has 0 fully saturated rings. The Labute approximate surface area is 97.0 Å². The van der Waals surface area contributed by atoms with E-state index in [4.69, 9.17) is 0 Å². The zero-order chi connectivity index (χ0) is 12.8. The minimum atomic E-state index is -1.10. The highest BCUT2D eigenvalue weighted by molar-refractivity contribution is 5.83. The number of ketones is 1. The van der Waals surface area contributed by atoms with Gasteiger partial charge in [0.15, 0.2) is 6.10 Å². The van der Waals surface area contributed by atoms with Crippen molar-refractivity contribution in [3.63, 3.8) is 0 Å². The number of aliphatic hydroxyl groups excluding tert-OH is 1. The summed E-state index contributed by atoms with van der Waals surface area (Å²) < 4.78 is 4.65. The first-order chi connectivity index (χ1) is 7.29. The Morgan fingerprint density at radius 2 is 1.88 bits per heavy atom. The normalized spacial score (nSPS) is 13.3. The van der Waals surface area contributed by atoms with Gasteiger partial charge in [-0.2, -0.15) is 0 Å². The lowest BCUT2D eigenvalue weighted by molar-refractivity contribution is -0.153. The van der Waals surface area contributed by atoms with Gasteiger partial charge >= 0.3 is 5.97 Å². The van der Waals surface area contributed by atoms with Gasteiger partial charge in [-0.1, -0.05) is 20.8 Å². The molecule has 94 valence electrons. The van der Waals surface area contributed by atoms with E-state index in [0.29, 0.717) is 12.8 Å². The lowest BCUT2D eigenvalue weighted by atomic mass is 9.88. The second kappa shape index (κ2) is 6.63. The molecule has 1 unspecified atom stereocenters. The van der Waals surface area contributed by atoms with Crippen molar-refractivity contribution in [3.8, 4) is 0 Å². The molecule has 4 heteroatoms. The molecule has 1 N–H and O–H groups in total. The average Bonchev–Trinajstić information content (AvgIpc) is 2.16. The highest BCUT2D eigenvalue weighted by Crippen LogP contribution is 2.18. The first kappa shape index (κ1) is 15.1. The maximum absolute atomic E-state index is 11.5. The summed E-state index contributed by atoms with van der Waals surface area (Å²) in [5.41, 5.74) is -0.352. The molecule has 1 atom stereocenters. The molecule has 0 saturated heterocycles. The lowest BCUT2D eigenvalue weighted by Gasteiger charge is -2.16. The van der Waals surface area contributed by atoms with Gasteiger partial charge in [-0.15, -0.1) is 0 Å². The largest absolute Gasteiger partial charge is 0.464 e. The molecule has 0 aliphatic carbocycles. The van der Waals surface area contributed by atoms with Crippen LogP contribution in [0.1, 0.15) is 47.0 Å². The summed E-state index contributed by atoms with van der Waals surface area (Å²) in [5, 5.41) is 9.38. The van der Waals surface area contributed by atoms with Crippen LogP contribution in [0.2, 0.25) is 0 Å². The van der Waals surface area contributed by atoms with Gasteiger partial charge in [-0.05, 0) is 19.8 Å². The summed E-state index contributed by atoms with van der Waals surface area (Å²) in [6.45, 7) is 7.52. The number of carbonyl (C=O) groups is 2. The van der Waals surface area contributed by atoms with Gasteiger partial charge in [-0.3, -0.25) is 4.79 Å². The topological polar surface area (TPSA) is 63.6 Å². The second-order valence-corrected chi connectivity index (χ2v) is 4.83. The van der Waals surface area contributed by atoms with Crippen molar-refractivity contribution in [2.24, 2.45) is 5.41 Å². The average molecular weight is 230 g/mol. The minimum Gasteiger partial charge on any atom is -0.464 e. The minimum absolute atomic E-state index is 0.142. The van der Waals surface area contributed by atoms with Crippen LogP contribution in [0.4, 0.5) is 0 Å². The summed E-state index contributed by atoms with van der Waals surface area (Å²) in [6, 6.07) is 0. The fourth-order valence-corrected chi connectivity index (χ4v) is 1.19. The zero-order valence-corrected chi connectivity index (χ0v) is 10.6. The Hall–Kier alpha value is -0.900. The second-order valence-electron chi connectivity index (χ2n) is 4.83. The molecule has 0 aromatic rings. The Morgan fingerprint density at radius 3 is 2.31 bits per heavy atom. The molecule has 0 amide bonds. The molecule has 0 aromatic heterocycles. The molecule has 0 aliphatic heterocycles. The number of aliphatic hydroxyl groups is 1. The molecular weight excluding hydrogens is 208 g/mol. The van der Waals surface area contributed by atoms with E-state index in [2.05, 4.69) is 4.74 Å². The summed E-state index contributed by atoms with van der Waals surface area (Å²) in [6.07, 6.45) is 0.0733. The van der Waals surface area contributed by atoms with Gasteiger partial charge in [0.2, 0.25) is 0 Å². The lowest BCUT2D eigenvalue weighted by Crippen LogP contribution is -2.24. The highest BCUT2D eigenvalue weighted by Gasteiger charge is 2.22. The number of hydrogen-bond acceptors (Lipinski definition) is 4. The number of hydrogen-bond donors (Lipinski definition) is 1. The number of esters is 1. The monoisotopic (exact) mass is 230 g/mol. The molecule has 0 saturated carbocycles. The van der Waals surface area contributed by atoms with Crippen molar-refractivity contribution in [3.05, 3.63) is 0 Å². The molecule has 0 bridgehead atoms. The van der Waals surface area contributed by atoms with Gasteiger partial charge in [-0.25, -0.2) is 4.79 Å². The standard InChI is InChI=1S/C12H22O4/c1-5-16-11(15)9(13)7-6-8-10(14)12(2,3)4/h9,13H,5-8H2,1-4H3. The first-order valence-corrected chi connectivity index (χ1v) is 5.67. The van der Waals surface area contributed by atoms with Gasteiger partial charge in [0, 0.05) is 11.8 Å². The number of Topliss-reactive ketones (excluding diaryl/α,β-unsaturated/α-hetero) is 1. The van der Waals surface area contributed by atoms with Crippen molar-refractivity contribution in [2.75, 3.05) is 6.61 Å². The number of carbonyl (C=O) groups excluding carboxylic acids is 2. The van der Waals surface area contributed by atoms with E-state index in [9.17, 15) is 14.7 Å². The van der Waals surface area contributed by atoms with Crippen molar-refractivity contribution in [1.82, 2.24) is 0 Å². The Balaban J connectivity index is 3.82. The van der Waals surface area contributed by atoms with Crippen LogP contribution < -0.4 is 0 Å². The van der Waals surface area contributed by atoms with Crippen molar-refractivity contribution in [2.45, 2.75) is 53.1 Å². The smallest absolute Gasteiger partial charge is 0.334 e. The van der Waals surface area contributed by atoms with Crippen LogP contribution in [-0.4, -0.2) is 29.6 Å². The van der Waals surface area contributed by atoms with Gasteiger partial charge in [0.25, 0.3) is 0 Å². The summed E-state index contributed by atoms with van der Waals surface area (Å²) in [4.78, 5) is 22.6. The predicted molar refractivity (Wildman–Crippen MR) is 61.0 cm³/mol.